The van der Waals surface area contributed by atoms with Crippen LogP contribution in [0.4, 0.5) is 0 Å². The number of carbonyl (C=O) groups is 1. The molecular formula is C24H22N2O2. The van der Waals surface area contributed by atoms with Crippen LogP contribution >= 0.6 is 0 Å². The fourth-order valence-electron chi connectivity index (χ4n) is 3.08. The third kappa shape index (κ3) is 4.46. The molecule has 28 heavy (non-hydrogen) atoms. The summed E-state index contributed by atoms with van der Waals surface area (Å²) < 4.78 is 5.51. The summed E-state index contributed by atoms with van der Waals surface area (Å²) in [5.74, 6) is -0.172. The van der Waals surface area contributed by atoms with Crippen molar-refractivity contribution in [2.45, 2.75) is 20.1 Å². The van der Waals surface area contributed by atoms with E-state index in [-0.39, 0.29) is 5.91 Å². The van der Waals surface area contributed by atoms with Crippen molar-refractivity contribution in [1.82, 2.24) is 5.32 Å². The minimum absolute atomic E-state index is 0.172. The van der Waals surface area contributed by atoms with Crippen LogP contribution in [0, 0.1) is 11.3 Å². The fourth-order valence-corrected chi connectivity index (χ4v) is 3.08. The SMILES string of the molecule is CCOCc1ccccc1CNC(=O)c1ccccc1-c1ccccc1C#N. The van der Waals surface area contributed by atoms with Gasteiger partial charge in [-0.15, -0.1) is 0 Å². The second-order valence-corrected chi connectivity index (χ2v) is 6.29. The lowest BCUT2D eigenvalue weighted by atomic mass is 9.95. The van der Waals surface area contributed by atoms with E-state index in [9.17, 15) is 10.1 Å². The number of nitrogens with zero attached hydrogens (tertiary/aromatic N) is 1. The largest absolute Gasteiger partial charge is 0.377 e. The molecule has 1 amide bonds. The van der Waals surface area contributed by atoms with Crippen LogP contribution in [0.3, 0.4) is 0 Å². The maximum atomic E-state index is 12.9. The van der Waals surface area contributed by atoms with Crippen molar-refractivity contribution < 1.29 is 9.53 Å². The van der Waals surface area contributed by atoms with Gasteiger partial charge in [-0.25, -0.2) is 0 Å². The van der Waals surface area contributed by atoms with Gasteiger partial charge in [0.2, 0.25) is 0 Å². The minimum atomic E-state index is -0.172. The van der Waals surface area contributed by atoms with E-state index in [4.69, 9.17) is 4.74 Å². The molecule has 0 aliphatic carbocycles. The van der Waals surface area contributed by atoms with Crippen LogP contribution in [0.1, 0.15) is 34.0 Å². The Balaban J connectivity index is 1.83. The van der Waals surface area contributed by atoms with Gasteiger partial charge in [-0.3, -0.25) is 4.79 Å². The third-order valence-corrected chi connectivity index (χ3v) is 4.53. The number of amides is 1. The van der Waals surface area contributed by atoms with Crippen molar-refractivity contribution in [1.29, 1.82) is 5.26 Å². The molecule has 0 atom stereocenters. The molecule has 0 fully saturated rings. The van der Waals surface area contributed by atoms with Crippen LogP contribution in [-0.2, 0) is 17.9 Å². The van der Waals surface area contributed by atoms with Gasteiger partial charge < -0.3 is 10.1 Å². The fraction of sp³-hybridized carbons (Fsp3) is 0.167. The molecule has 4 heteroatoms. The number of rotatable bonds is 7. The molecular weight excluding hydrogens is 348 g/mol. The predicted octanol–water partition coefficient (Wildman–Crippen LogP) is 4.69. The Hall–Kier alpha value is -3.42. The van der Waals surface area contributed by atoms with Gasteiger partial charge in [0.1, 0.15) is 0 Å². The Labute approximate surface area is 165 Å². The van der Waals surface area contributed by atoms with E-state index in [1.165, 1.54) is 0 Å². The molecule has 0 spiro atoms. The summed E-state index contributed by atoms with van der Waals surface area (Å²) in [5.41, 5.74) is 4.69. The first-order valence-corrected chi connectivity index (χ1v) is 9.25. The zero-order valence-electron chi connectivity index (χ0n) is 15.8. The first-order chi connectivity index (χ1) is 13.7. The van der Waals surface area contributed by atoms with Crippen LogP contribution in [0.2, 0.25) is 0 Å². The summed E-state index contributed by atoms with van der Waals surface area (Å²) in [7, 11) is 0. The molecule has 0 aromatic heterocycles. The van der Waals surface area contributed by atoms with Crippen molar-refractivity contribution in [2.24, 2.45) is 0 Å². The van der Waals surface area contributed by atoms with E-state index in [0.717, 1.165) is 22.3 Å². The Kier molecular flexibility index (Phi) is 6.56. The second-order valence-electron chi connectivity index (χ2n) is 6.29. The summed E-state index contributed by atoms with van der Waals surface area (Å²) in [6.07, 6.45) is 0. The second kappa shape index (κ2) is 9.50. The molecule has 0 unspecified atom stereocenters. The van der Waals surface area contributed by atoms with Crippen molar-refractivity contribution >= 4 is 5.91 Å². The van der Waals surface area contributed by atoms with Gasteiger partial charge >= 0.3 is 0 Å². The molecule has 4 nitrogen and oxygen atoms in total. The number of hydrogen-bond acceptors (Lipinski definition) is 3. The molecule has 0 saturated heterocycles. The smallest absolute Gasteiger partial charge is 0.252 e. The predicted molar refractivity (Wildman–Crippen MR) is 110 cm³/mol. The van der Waals surface area contributed by atoms with Gasteiger partial charge in [-0.2, -0.15) is 5.26 Å². The molecule has 3 rings (SSSR count). The Morgan fingerprint density at radius 2 is 1.57 bits per heavy atom. The quantitative estimate of drug-likeness (QED) is 0.656. The first-order valence-electron chi connectivity index (χ1n) is 9.25. The molecule has 3 aromatic carbocycles. The molecule has 0 radical (unpaired) electrons. The third-order valence-electron chi connectivity index (χ3n) is 4.53. The van der Waals surface area contributed by atoms with Gasteiger partial charge in [0.05, 0.1) is 18.2 Å². The van der Waals surface area contributed by atoms with Gasteiger partial charge in [0.25, 0.3) is 5.91 Å². The molecule has 0 heterocycles. The number of carbonyl (C=O) groups excluding carboxylic acids is 1. The van der Waals surface area contributed by atoms with E-state index >= 15 is 0 Å². The van der Waals surface area contributed by atoms with Crippen LogP contribution in [0.15, 0.2) is 72.8 Å². The van der Waals surface area contributed by atoms with E-state index in [2.05, 4.69) is 11.4 Å². The summed E-state index contributed by atoms with van der Waals surface area (Å²) in [5, 5.41) is 12.4. The van der Waals surface area contributed by atoms with Crippen LogP contribution < -0.4 is 5.32 Å². The summed E-state index contributed by atoms with van der Waals surface area (Å²) in [6.45, 7) is 3.54. The topological polar surface area (TPSA) is 62.1 Å². The monoisotopic (exact) mass is 370 g/mol. The highest BCUT2D eigenvalue weighted by molar-refractivity contribution is 6.01. The lowest BCUT2D eigenvalue weighted by Crippen LogP contribution is -2.24. The van der Waals surface area contributed by atoms with Gasteiger partial charge in [0, 0.05) is 24.3 Å². The summed E-state index contributed by atoms with van der Waals surface area (Å²) >= 11 is 0. The minimum Gasteiger partial charge on any atom is -0.377 e. The standard InChI is InChI=1S/C24H22N2O2/c1-2-28-17-20-11-4-3-10-19(20)16-26-24(27)23-14-8-7-13-22(23)21-12-6-5-9-18(21)15-25/h3-14H,2,16-17H2,1H3,(H,26,27). The van der Waals surface area contributed by atoms with Crippen LogP contribution in [0.25, 0.3) is 11.1 Å². The Morgan fingerprint density at radius 3 is 2.32 bits per heavy atom. The molecule has 0 saturated carbocycles. The molecule has 0 bridgehead atoms. The summed E-state index contributed by atoms with van der Waals surface area (Å²) in [4.78, 5) is 12.9. The Bertz CT molecular complexity index is 1010. The van der Waals surface area contributed by atoms with Gasteiger partial charge in [-0.1, -0.05) is 60.7 Å². The van der Waals surface area contributed by atoms with Crippen molar-refractivity contribution in [3.63, 3.8) is 0 Å². The van der Waals surface area contributed by atoms with Crippen molar-refractivity contribution in [3.8, 4) is 17.2 Å². The first kappa shape index (κ1) is 19.3. The highest BCUT2D eigenvalue weighted by atomic mass is 16.5. The van der Waals surface area contributed by atoms with E-state index in [0.29, 0.717) is 30.9 Å². The zero-order valence-corrected chi connectivity index (χ0v) is 15.8. The lowest BCUT2D eigenvalue weighted by Gasteiger charge is -2.13. The zero-order chi connectivity index (χ0) is 19.8. The molecule has 0 aliphatic rings. The number of hydrogen-bond donors (Lipinski definition) is 1. The van der Waals surface area contributed by atoms with E-state index < -0.39 is 0 Å². The van der Waals surface area contributed by atoms with Gasteiger partial charge in [0.15, 0.2) is 0 Å². The molecule has 3 aromatic rings. The molecule has 140 valence electrons. The van der Waals surface area contributed by atoms with E-state index in [1.807, 2.05) is 67.6 Å². The highest BCUT2D eigenvalue weighted by Gasteiger charge is 2.15. The maximum absolute atomic E-state index is 12.9. The van der Waals surface area contributed by atoms with Gasteiger partial charge in [-0.05, 0) is 35.7 Å². The maximum Gasteiger partial charge on any atom is 0.252 e. The highest BCUT2D eigenvalue weighted by Crippen LogP contribution is 2.27. The van der Waals surface area contributed by atoms with Crippen molar-refractivity contribution in [2.75, 3.05) is 6.61 Å². The average Bonchev–Trinajstić information content (AvgIpc) is 2.76. The van der Waals surface area contributed by atoms with Crippen LogP contribution in [-0.4, -0.2) is 12.5 Å². The molecule has 1 N–H and O–H groups in total. The number of benzene rings is 3. The number of nitriles is 1. The molecule has 0 aliphatic heterocycles. The van der Waals surface area contributed by atoms with E-state index in [1.54, 1.807) is 12.1 Å². The number of ether oxygens (including phenoxy) is 1. The van der Waals surface area contributed by atoms with Crippen molar-refractivity contribution in [3.05, 3.63) is 95.1 Å². The lowest BCUT2D eigenvalue weighted by molar-refractivity contribution is 0.0950. The average molecular weight is 370 g/mol. The normalized spacial score (nSPS) is 10.3. The summed E-state index contributed by atoms with van der Waals surface area (Å²) in [6, 6.07) is 24.8. The van der Waals surface area contributed by atoms with Crippen LogP contribution in [0.5, 0.6) is 0 Å². The Morgan fingerprint density at radius 1 is 0.929 bits per heavy atom. The number of nitrogens with one attached hydrogen (secondary N) is 1.